The Morgan fingerprint density at radius 3 is 2.68 bits per heavy atom. The Labute approximate surface area is 178 Å². The number of hydrogen-bond donors (Lipinski definition) is 2. The van der Waals surface area contributed by atoms with E-state index in [1.807, 2.05) is 6.07 Å². The molecule has 162 valence electrons. The molecule has 1 aliphatic rings. The number of methoxy groups -OCH3 is 1. The number of hydrogen-bond acceptors (Lipinski definition) is 10. The van der Waals surface area contributed by atoms with Crippen molar-refractivity contribution in [3.05, 3.63) is 42.2 Å². The lowest BCUT2D eigenvalue weighted by molar-refractivity contribution is 0.0198. The maximum atomic E-state index is 14.1. The summed E-state index contributed by atoms with van der Waals surface area (Å²) in [6, 6.07) is 3.35. The van der Waals surface area contributed by atoms with Gasteiger partial charge in [-0.05, 0) is 18.6 Å². The van der Waals surface area contributed by atoms with Gasteiger partial charge in [-0.25, -0.2) is 24.3 Å². The molecule has 0 saturated carbocycles. The number of ether oxygens (including phenoxy) is 2. The van der Waals surface area contributed by atoms with E-state index in [-0.39, 0.29) is 17.9 Å². The summed E-state index contributed by atoms with van der Waals surface area (Å²) in [6.45, 7) is 5.19. The predicted molar refractivity (Wildman–Crippen MR) is 112 cm³/mol. The Morgan fingerprint density at radius 1 is 1.16 bits per heavy atom. The Balaban J connectivity index is 1.71. The number of aromatic nitrogens is 5. The number of pyridine rings is 2. The molecule has 3 N–H and O–H groups in total. The quantitative estimate of drug-likeness (QED) is 0.606. The number of anilines is 3. The van der Waals surface area contributed by atoms with E-state index in [4.69, 9.17) is 15.2 Å². The van der Waals surface area contributed by atoms with Crippen LogP contribution in [0, 0.1) is 5.82 Å². The largest absolute Gasteiger partial charge is 0.479 e. The zero-order valence-corrected chi connectivity index (χ0v) is 17.2. The average molecular weight is 426 g/mol. The van der Waals surface area contributed by atoms with Gasteiger partial charge < -0.3 is 20.5 Å². The first-order chi connectivity index (χ1) is 15.0. The second-order valence-corrected chi connectivity index (χ2v) is 7.00. The van der Waals surface area contributed by atoms with Gasteiger partial charge in [0.1, 0.15) is 12.1 Å². The van der Waals surface area contributed by atoms with Gasteiger partial charge in [0.25, 0.3) is 0 Å². The van der Waals surface area contributed by atoms with Gasteiger partial charge in [-0.2, -0.15) is 4.98 Å². The van der Waals surface area contributed by atoms with Gasteiger partial charge in [-0.3, -0.25) is 4.90 Å². The van der Waals surface area contributed by atoms with Crippen LogP contribution in [0.15, 0.2) is 30.9 Å². The lowest BCUT2D eigenvalue weighted by atomic mass is 10.1. The minimum absolute atomic E-state index is 0.0846. The van der Waals surface area contributed by atoms with E-state index in [2.05, 4.69) is 42.1 Å². The number of nitrogens with two attached hydrogens (primary N) is 1. The van der Waals surface area contributed by atoms with Crippen molar-refractivity contribution < 1.29 is 13.9 Å². The van der Waals surface area contributed by atoms with Crippen LogP contribution in [0.4, 0.5) is 21.8 Å². The van der Waals surface area contributed by atoms with Crippen molar-refractivity contribution in [1.29, 1.82) is 0 Å². The molecule has 1 aliphatic heterocycles. The van der Waals surface area contributed by atoms with E-state index in [9.17, 15) is 4.39 Å². The van der Waals surface area contributed by atoms with Crippen LogP contribution in [-0.4, -0.2) is 63.2 Å². The topological polar surface area (TPSA) is 124 Å². The highest BCUT2D eigenvalue weighted by atomic mass is 19.1. The molecule has 1 unspecified atom stereocenters. The number of nitrogens with zero attached hydrogens (tertiary/aromatic N) is 6. The Hall–Kier alpha value is -3.44. The van der Waals surface area contributed by atoms with Gasteiger partial charge in [0.05, 0.1) is 37.8 Å². The molecule has 31 heavy (non-hydrogen) atoms. The van der Waals surface area contributed by atoms with Crippen molar-refractivity contribution in [3.63, 3.8) is 0 Å². The zero-order valence-electron chi connectivity index (χ0n) is 17.2. The molecule has 1 atom stereocenters. The second kappa shape index (κ2) is 9.14. The molecular formula is C20H23FN8O2. The molecule has 1 fully saturated rings. The highest BCUT2D eigenvalue weighted by Gasteiger charge is 2.21. The summed E-state index contributed by atoms with van der Waals surface area (Å²) in [7, 11) is 1.36. The third kappa shape index (κ3) is 4.67. The summed E-state index contributed by atoms with van der Waals surface area (Å²) in [5, 5.41) is 3.08. The molecule has 0 bridgehead atoms. The summed E-state index contributed by atoms with van der Waals surface area (Å²) in [4.78, 5) is 23.2. The monoisotopic (exact) mass is 426 g/mol. The van der Waals surface area contributed by atoms with Crippen LogP contribution >= 0.6 is 0 Å². The van der Waals surface area contributed by atoms with Gasteiger partial charge in [-0.15, -0.1) is 0 Å². The van der Waals surface area contributed by atoms with Gasteiger partial charge in [-0.1, -0.05) is 0 Å². The highest BCUT2D eigenvalue weighted by molar-refractivity contribution is 5.75. The van der Waals surface area contributed by atoms with Crippen molar-refractivity contribution in [2.75, 3.05) is 44.5 Å². The predicted octanol–water partition coefficient (Wildman–Crippen LogP) is 2.20. The van der Waals surface area contributed by atoms with E-state index in [1.54, 1.807) is 6.20 Å². The van der Waals surface area contributed by atoms with E-state index < -0.39 is 5.82 Å². The van der Waals surface area contributed by atoms with E-state index in [0.717, 1.165) is 18.7 Å². The fourth-order valence-electron chi connectivity index (χ4n) is 3.37. The fraction of sp³-hybridized carbons (Fsp3) is 0.350. The van der Waals surface area contributed by atoms with Crippen molar-refractivity contribution >= 4 is 17.5 Å². The third-order valence-electron chi connectivity index (χ3n) is 5.08. The molecule has 0 aromatic carbocycles. The minimum atomic E-state index is -0.587. The molecule has 1 saturated heterocycles. The lowest BCUT2D eigenvalue weighted by Crippen LogP contribution is -2.38. The van der Waals surface area contributed by atoms with Crippen LogP contribution in [-0.2, 0) is 4.74 Å². The Bertz CT molecular complexity index is 1060. The summed E-state index contributed by atoms with van der Waals surface area (Å²) >= 11 is 0. The second-order valence-electron chi connectivity index (χ2n) is 7.00. The summed E-state index contributed by atoms with van der Waals surface area (Å²) in [5.74, 6) is 0.227. The number of halogens is 1. The maximum Gasteiger partial charge on any atom is 0.250 e. The average Bonchev–Trinajstić information content (AvgIpc) is 2.79. The van der Waals surface area contributed by atoms with Crippen LogP contribution in [0.25, 0.3) is 11.4 Å². The van der Waals surface area contributed by atoms with Gasteiger partial charge in [0.15, 0.2) is 11.6 Å². The van der Waals surface area contributed by atoms with Gasteiger partial charge in [0.2, 0.25) is 11.8 Å². The summed E-state index contributed by atoms with van der Waals surface area (Å²) in [5.41, 5.74) is 7.77. The van der Waals surface area contributed by atoms with Gasteiger partial charge in [0, 0.05) is 31.4 Å². The number of nitrogens with one attached hydrogen (secondary N) is 1. The molecule has 0 radical (unpaired) electrons. The number of morpholine rings is 1. The SMILES string of the molecule is COc1ncc(Nc2ncc(C(C)N3CCOCC3)cc2-c2ncnc(N)n2)cc1F. The molecule has 3 aromatic heterocycles. The molecule has 3 aromatic rings. The summed E-state index contributed by atoms with van der Waals surface area (Å²) < 4.78 is 24.4. The highest BCUT2D eigenvalue weighted by Crippen LogP contribution is 2.31. The molecule has 0 spiro atoms. The van der Waals surface area contributed by atoms with E-state index in [1.165, 1.54) is 25.7 Å². The molecule has 4 heterocycles. The first kappa shape index (κ1) is 20.8. The molecule has 11 heteroatoms. The lowest BCUT2D eigenvalue weighted by Gasteiger charge is -2.32. The molecule has 4 rings (SSSR count). The zero-order chi connectivity index (χ0) is 21.8. The fourth-order valence-corrected chi connectivity index (χ4v) is 3.37. The standard InChI is InChI=1S/C20H23FN8O2/c1-12(29-3-5-31-6-4-29)13-7-15(18-25-11-26-20(22)28-18)17(23-9-13)27-14-8-16(21)19(30-2)24-10-14/h7-12H,3-6H2,1-2H3,(H,23,27)(H2,22,25,26,28). The van der Waals surface area contributed by atoms with Crippen LogP contribution < -0.4 is 15.8 Å². The number of nitrogen functional groups attached to an aromatic ring is 1. The van der Waals surface area contributed by atoms with E-state index in [0.29, 0.717) is 36.1 Å². The van der Waals surface area contributed by atoms with Crippen molar-refractivity contribution in [3.8, 4) is 17.3 Å². The van der Waals surface area contributed by atoms with Crippen LogP contribution in [0.1, 0.15) is 18.5 Å². The molecule has 0 aliphatic carbocycles. The molecular weight excluding hydrogens is 403 g/mol. The maximum absolute atomic E-state index is 14.1. The van der Waals surface area contributed by atoms with E-state index >= 15 is 0 Å². The molecule has 10 nitrogen and oxygen atoms in total. The van der Waals surface area contributed by atoms with Crippen LogP contribution in [0.5, 0.6) is 5.88 Å². The van der Waals surface area contributed by atoms with Crippen LogP contribution in [0.3, 0.4) is 0 Å². The van der Waals surface area contributed by atoms with Crippen molar-refractivity contribution in [2.24, 2.45) is 0 Å². The summed E-state index contributed by atoms with van der Waals surface area (Å²) in [6.07, 6.45) is 4.58. The number of rotatable bonds is 6. The first-order valence-corrected chi connectivity index (χ1v) is 9.78. The van der Waals surface area contributed by atoms with Gasteiger partial charge >= 0.3 is 0 Å². The normalized spacial score (nSPS) is 15.5. The third-order valence-corrected chi connectivity index (χ3v) is 5.08. The van der Waals surface area contributed by atoms with Crippen molar-refractivity contribution in [2.45, 2.75) is 13.0 Å². The Kier molecular flexibility index (Phi) is 6.14. The first-order valence-electron chi connectivity index (χ1n) is 9.78. The Morgan fingerprint density at radius 2 is 1.97 bits per heavy atom. The minimum Gasteiger partial charge on any atom is -0.479 e. The smallest absolute Gasteiger partial charge is 0.250 e. The van der Waals surface area contributed by atoms with Crippen molar-refractivity contribution in [1.82, 2.24) is 29.8 Å². The molecule has 0 amide bonds. The van der Waals surface area contributed by atoms with Crippen LogP contribution in [0.2, 0.25) is 0 Å².